The van der Waals surface area contributed by atoms with Crippen molar-refractivity contribution in [3.05, 3.63) is 35.4 Å². The predicted molar refractivity (Wildman–Crippen MR) is 64.0 cm³/mol. The number of nitrogens with zero attached hydrogens (tertiary/aromatic N) is 2. The van der Waals surface area contributed by atoms with Gasteiger partial charge >= 0.3 is 0 Å². The van der Waals surface area contributed by atoms with Crippen molar-refractivity contribution in [2.24, 2.45) is 0 Å². The Morgan fingerprint density at radius 1 is 1.38 bits per heavy atom. The van der Waals surface area contributed by atoms with Gasteiger partial charge in [0.15, 0.2) is 6.29 Å². The Hall–Kier alpha value is -1.64. The quantitative estimate of drug-likeness (QED) is 0.687. The summed E-state index contributed by atoms with van der Waals surface area (Å²) < 4.78 is 2.01. The highest BCUT2D eigenvalue weighted by Gasteiger charge is 2.22. The summed E-state index contributed by atoms with van der Waals surface area (Å²) in [6.45, 7) is 8.30. The third-order valence-corrected chi connectivity index (χ3v) is 2.67. The number of aromatic nitrogens is 2. The molecule has 0 radical (unpaired) electrons. The second-order valence-electron chi connectivity index (χ2n) is 5.07. The molecule has 3 heteroatoms. The van der Waals surface area contributed by atoms with Gasteiger partial charge in [0.1, 0.15) is 5.82 Å². The molecular weight excluding hydrogens is 200 g/mol. The number of aldehydes is 1. The van der Waals surface area contributed by atoms with E-state index in [-0.39, 0.29) is 5.41 Å². The highest BCUT2D eigenvalue weighted by Crippen LogP contribution is 2.25. The molecule has 2 aromatic heterocycles. The second kappa shape index (κ2) is 3.44. The Labute approximate surface area is 95.1 Å². The summed E-state index contributed by atoms with van der Waals surface area (Å²) in [4.78, 5) is 15.6. The van der Waals surface area contributed by atoms with Gasteiger partial charge < -0.3 is 4.40 Å². The lowest BCUT2D eigenvalue weighted by molar-refractivity contribution is 0.112. The molecule has 2 heterocycles. The molecule has 0 N–H and O–H groups in total. The fraction of sp³-hybridized carbons (Fsp3) is 0.385. The van der Waals surface area contributed by atoms with Crippen molar-refractivity contribution in [1.82, 2.24) is 9.38 Å². The molecule has 84 valence electrons. The van der Waals surface area contributed by atoms with E-state index in [1.807, 2.05) is 29.7 Å². The summed E-state index contributed by atoms with van der Waals surface area (Å²) in [5.74, 6) is 0.990. The van der Waals surface area contributed by atoms with Gasteiger partial charge in [-0.3, -0.25) is 4.79 Å². The van der Waals surface area contributed by atoms with E-state index in [1.165, 1.54) is 0 Å². The molecular formula is C13H16N2O. The minimum absolute atomic E-state index is 0.0291. The van der Waals surface area contributed by atoms with Crippen LogP contribution < -0.4 is 0 Å². The number of pyridine rings is 1. The zero-order chi connectivity index (χ0) is 11.9. The molecule has 16 heavy (non-hydrogen) atoms. The lowest BCUT2D eigenvalue weighted by Gasteiger charge is -2.16. The van der Waals surface area contributed by atoms with E-state index < -0.39 is 0 Å². The summed E-state index contributed by atoms with van der Waals surface area (Å²) in [5.41, 5.74) is 2.50. The molecule has 0 aliphatic heterocycles. The second-order valence-corrected chi connectivity index (χ2v) is 5.07. The van der Waals surface area contributed by atoms with Crippen LogP contribution in [0.15, 0.2) is 18.3 Å². The molecule has 0 fully saturated rings. The molecule has 2 rings (SSSR count). The van der Waals surface area contributed by atoms with Gasteiger partial charge in [-0.1, -0.05) is 20.8 Å². The zero-order valence-corrected chi connectivity index (χ0v) is 10.1. The van der Waals surface area contributed by atoms with Crippen LogP contribution in [0.1, 0.15) is 42.6 Å². The Morgan fingerprint density at radius 2 is 2.06 bits per heavy atom. The van der Waals surface area contributed by atoms with Crippen molar-refractivity contribution in [1.29, 1.82) is 0 Å². The van der Waals surface area contributed by atoms with Crippen LogP contribution in [0.3, 0.4) is 0 Å². The SMILES string of the molecule is Cc1nc(C(C)(C)C)n2cccc(C=O)c12. The van der Waals surface area contributed by atoms with Gasteiger partial charge in [-0.05, 0) is 19.1 Å². The van der Waals surface area contributed by atoms with Crippen LogP contribution in [0.4, 0.5) is 0 Å². The van der Waals surface area contributed by atoms with Crippen LogP contribution in [-0.2, 0) is 5.41 Å². The number of fused-ring (bicyclic) bond motifs is 1. The van der Waals surface area contributed by atoms with E-state index >= 15 is 0 Å². The largest absolute Gasteiger partial charge is 0.302 e. The number of imidazole rings is 1. The molecule has 0 bridgehead atoms. The molecule has 0 saturated carbocycles. The summed E-state index contributed by atoms with van der Waals surface area (Å²) in [5, 5.41) is 0. The zero-order valence-electron chi connectivity index (χ0n) is 10.1. The molecule has 0 amide bonds. The molecule has 0 unspecified atom stereocenters. The molecule has 0 aliphatic rings. The Morgan fingerprint density at radius 3 is 2.62 bits per heavy atom. The van der Waals surface area contributed by atoms with Crippen molar-refractivity contribution in [3.8, 4) is 0 Å². The highest BCUT2D eigenvalue weighted by molar-refractivity contribution is 5.87. The number of carbonyl (C=O) groups is 1. The standard InChI is InChI=1S/C13H16N2O/c1-9-11-10(8-16)6-5-7-15(11)12(14-9)13(2,3)4/h5-8H,1-4H3. The maximum Gasteiger partial charge on any atom is 0.152 e. The van der Waals surface area contributed by atoms with Crippen LogP contribution in [0.2, 0.25) is 0 Å². The van der Waals surface area contributed by atoms with Crippen molar-refractivity contribution in [2.45, 2.75) is 33.1 Å². The summed E-state index contributed by atoms with van der Waals surface area (Å²) in [6.07, 6.45) is 2.85. The van der Waals surface area contributed by atoms with E-state index in [0.29, 0.717) is 5.56 Å². The van der Waals surface area contributed by atoms with Gasteiger partial charge in [0.05, 0.1) is 11.2 Å². The Bertz CT molecular complexity index is 547. The number of carbonyl (C=O) groups excluding carboxylic acids is 1. The number of hydrogen-bond donors (Lipinski definition) is 0. The van der Waals surface area contributed by atoms with Crippen LogP contribution in [0.5, 0.6) is 0 Å². The first-order valence-corrected chi connectivity index (χ1v) is 5.38. The number of hydrogen-bond acceptors (Lipinski definition) is 2. The van der Waals surface area contributed by atoms with E-state index in [4.69, 9.17) is 0 Å². The lowest BCUT2D eigenvalue weighted by Crippen LogP contribution is -2.15. The first-order chi connectivity index (χ1) is 7.45. The first-order valence-electron chi connectivity index (χ1n) is 5.38. The topological polar surface area (TPSA) is 34.4 Å². The first kappa shape index (κ1) is 10.9. The van der Waals surface area contributed by atoms with Crippen LogP contribution in [0.25, 0.3) is 5.52 Å². The molecule has 0 spiro atoms. The third-order valence-electron chi connectivity index (χ3n) is 2.67. The van der Waals surface area contributed by atoms with Gasteiger partial charge in [0.2, 0.25) is 0 Å². The minimum Gasteiger partial charge on any atom is -0.302 e. The van der Waals surface area contributed by atoms with Crippen LogP contribution >= 0.6 is 0 Å². The van der Waals surface area contributed by atoms with Crippen molar-refractivity contribution < 1.29 is 4.79 Å². The van der Waals surface area contributed by atoms with E-state index in [2.05, 4.69) is 25.8 Å². The molecule has 0 aliphatic carbocycles. The maximum atomic E-state index is 11.0. The van der Waals surface area contributed by atoms with Gasteiger partial charge in [0, 0.05) is 17.2 Å². The fourth-order valence-electron chi connectivity index (χ4n) is 1.97. The summed E-state index contributed by atoms with van der Waals surface area (Å²) in [6, 6.07) is 3.70. The van der Waals surface area contributed by atoms with E-state index in [1.54, 1.807) is 0 Å². The average Bonchev–Trinajstić information content (AvgIpc) is 2.56. The molecule has 2 aromatic rings. The smallest absolute Gasteiger partial charge is 0.152 e. The minimum atomic E-state index is -0.0291. The Kier molecular flexibility index (Phi) is 2.34. The number of aryl methyl sites for hydroxylation is 1. The van der Waals surface area contributed by atoms with Gasteiger partial charge in [-0.2, -0.15) is 0 Å². The fourth-order valence-corrected chi connectivity index (χ4v) is 1.97. The van der Waals surface area contributed by atoms with Gasteiger partial charge in [0.25, 0.3) is 0 Å². The van der Waals surface area contributed by atoms with Crippen molar-refractivity contribution in [3.63, 3.8) is 0 Å². The monoisotopic (exact) mass is 216 g/mol. The molecule has 0 aromatic carbocycles. The average molecular weight is 216 g/mol. The van der Waals surface area contributed by atoms with Crippen LogP contribution in [0, 0.1) is 6.92 Å². The maximum absolute atomic E-state index is 11.0. The van der Waals surface area contributed by atoms with E-state index in [0.717, 1.165) is 23.3 Å². The highest BCUT2D eigenvalue weighted by atomic mass is 16.1. The van der Waals surface area contributed by atoms with E-state index in [9.17, 15) is 4.79 Å². The lowest BCUT2D eigenvalue weighted by atomic mass is 9.96. The number of rotatable bonds is 1. The van der Waals surface area contributed by atoms with Crippen molar-refractivity contribution in [2.75, 3.05) is 0 Å². The Balaban J connectivity index is 2.87. The van der Waals surface area contributed by atoms with Gasteiger partial charge in [-0.25, -0.2) is 4.98 Å². The predicted octanol–water partition coefficient (Wildman–Crippen LogP) is 2.75. The normalized spacial score (nSPS) is 12.0. The molecule has 0 atom stereocenters. The summed E-state index contributed by atoms with van der Waals surface area (Å²) >= 11 is 0. The molecule has 3 nitrogen and oxygen atoms in total. The van der Waals surface area contributed by atoms with Crippen LogP contribution in [-0.4, -0.2) is 15.7 Å². The molecule has 0 saturated heterocycles. The summed E-state index contributed by atoms with van der Waals surface area (Å²) in [7, 11) is 0. The van der Waals surface area contributed by atoms with Crippen molar-refractivity contribution >= 4 is 11.8 Å². The third kappa shape index (κ3) is 1.52. The van der Waals surface area contributed by atoms with Gasteiger partial charge in [-0.15, -0.1) is 0 Å².